The van der Waals surface area contributed by atoms with Crippen LogP contribution >= 0.6 is 0 Å². The zero-order valence-corrected chi connectivity index (χ0v) is 7.84. The predicted molar refractivity (Wildman–Crippen MR) is 46.8 cm³/mol. The normalized spacial score (nSPS) is 29.2. The van der Waals surface area contributed by atoms with Gasteiger partial charge >= 0.3 is 0 Å². The average Bonchev–Trinajstić information content (AvgIpc) is 2.09. The van der Waals surface area contributed by atoms with Gasteiger partial charge in [-0.05, 0) is 33.0 Å². The molecular weight excluding hydrogens is 152 g/mol. The minimum absolute atomic E-state index is 0.0568. The van der Waals surface area contributed by atoms with E-state index in [1.807, 2.05) is 11.9 Å². The van der Waals surface area contributed by atoms with Gasteiger partial charge in [0.1, 0.15) is 0 Å². The molecule has 2 fully saturated rings. The Morgan fingerprint density at radius 1 is 1.25 bits per heavy atom. The van der Waals surface area contributed by atoms with Crippen LogP contribution in [0, 0.1) is 5.41 Å². The van der Waals surface area contributed by atoms with Crippen LogP contribution in [0.3, 0.4) is 0 Å². The van der Waals surface area contributed by atoms with Gasteiger partial charge in [-0.1, -0.05) is 0 Å². The molecule has 0 radical (unpaired) electrons. The lowest BCUT2D eigenvalue weighted by molar-refractivity contribution is -0.162. The van der Waals surface area contributed by atoms with Crippen molar-refractivity contribution in [3.8, 4) is 0 Å². The van der Waals surface area contributed by atoms with E-state index in [4.69, 9.17) is 0 Å². The number of likely N-dealkylation sites (tertiary alicyclic amines) is 2. The lowest BCUT2D eigenvalue weighted by Gasteiger charge is -2.50. The van der Waals surface area contributed by atoms with Crippen LogP contribution in [0.1, 0.15) is 12.8 Å². The Morgan fingerprint density at radius 2 is 1.83 bits per heavy atom. The molecule has 2 rings (SSSR count). The topological polar surface area (TPSA) is 23.6 Å². The summed E-state index contributed by atoms with van der Waals surface area (Å²) >= 11 is 0. The molecule has 1 amide bonds. The first-order valence-corrected chi connectivity index (χ1v) is 4.58. The Bertz CT molecular complexity index is 207. The Hall–Kier alpha value is -0.570. The highest BCUT2D eigenvalue weighted by molar-refractivity contribution is 5.88. The van der Waals surface area contributed by atoms with Crippen molar-refractivity contribution < 1.29 is 4.79 Å². The maximum Gasteiger partial charge on any atom is 0.230 e. The molecule has 68 valence electrons. The fraction of sp³-hybridized carbons (Fsp3) is 0.889. The van der Waals surface area contributed by atoms with E-state index in [0.717, 1.165) is 32.5 Å². The molecule has 0 saturated carbocycles. The molecule has 0 N–H and O–H groups in total. The van der Waals surface area contributed by atoms with Crippen LogP contribution in [0.4, 0.5) is 0 Å². The van der Waals surface area contributed by atoms with E-state index in [-0.39, 0.29) is 5.41 Å². The molecule has 12 heavy (non-hydrogen) atoms. The van der Waals surface area contributed by atoms with E-state index in [1.165, 1.54) is 0 Å². The van der Waals surface area contributed by atoms with E-state index in [9.17, 15) is 4.79 Å². The van der Waals surface area contributed by atoms with Gasteiger partial charge in [0.05, 0.1) is 5.41 Å². The largest absolute Gasteiger partial charge is 0.344 e. The summed E-state index contributed by atoms with van der Waals surface area (Å²) in [5, 5.41) is 0. The van der Waals surface area contributed by atoms with Gasteiger partial charge in [-0.15, -0.1) is 0 Å². The third-order valence-electron chi connectivity index (χ3n) is 3.28. The molecule has 3 heteroatoms. The fourth-order valence-corrected chi connectivity index (χ4v) is 2.33. The molecule has 0 atom stereocenters. The number of rotatable bonds is 0. The standard InChI is InChI=1S/C9H16N2O/c1-10-5-3-9(4-6-10)7-11(2)8(9)12/h3-7H2,1-2H3. The molecule has 2 heterocycles. The summed E-state index contributed by atoms with van der Waals surface area (Å²) in [6.07, 6.45) is 2.12. The number of hydrogen-bond acceptors (Lipinski definition) is 2. The fourth-order valence-electron chi connectivity index (χ4n) is 2.33. The summed E-state index contributed by atoms with van der Waals surface area (Å²) in [5.74, 6) is 0.371. The van der Waals surface area contributed by atoms with E-state index in [0.29, 0.717) is 5.91 Å². The maximum absolute atomic E-state index is 11.6. The van der Waals surface area contributed by atoms with E-state index in [1.54, 1.807) is 0 Å². The summed E-state index contributed by atoms with van der Waals surface area (Å²) in [6.45, 7) is 3.15. The third-order valence-corrected chi connectivity index (χ3v) is 3.28. The zero-order chi connectivity index (χ0) is 8.77. The molecule has 0 bridgehead atoms. The van der Waals surface area contributed by atoms with Crippen molar-refractivity contribution in [1.82, 2.24) is 9.80 Å². The van der Waals surface area contributed by atoms with Crippen molar-refractivity contribution in [3.05, 3.63) is 0 Å². The predicted octanol–water partition coefficient (Wildman–Crippen LogP) is 0.170. The van der Waals surface area contributed by atoms with Gasteiger partial charge in [-0.25, -0.2) is 0 Å². The third kappa shape index (κ3) is 0.959. The number of nitrogens with zero attached hydrogens (tertiary/aromatic N) is 2. The molecule has 0 aromatic carbocycles. The van der Waals surface area contributed by atoms with E-state index < -0.39 is 0 Å². The number of β-lactam (4-membered cyclic amide) rings is 1. The van der Waals surface area contributed by atoms with Gasteiger partial charge in [0.15, 0.2) is 0 Å². The highest BCUT2D eigenvalue weighted by atomic mass is 16.2. The Morgan fingerprint density at radius 3 is 2.25 bits per heavy atom. The number of piperidine rings is 1. The minimum Gasteiger partial charge on any atom is -0.344 e. The lowest BCUT2D eigenvalue weighted by atomic mass is 9.71. The molecule has 2 aliphatic heterocycles. The van der Waals surface area contributed by atoms with Crippen molar-refractivity contribution in [2.24, 2.45) is 5.41 Å². The average molecular weight is 168 g/mol. The van der Waals surface area contributed by atoms with E-state index in [2.05, 4.69) is 11.9 Å². The zero-order valence-electron chi connectivity index (χ0n) is 7.84. The van der Waals surface area contributed by atoms with Gasteiger partial charge in [-0.3, -0.25) is 4.79 Å². The van der Waals surface area contributed by atoms with Gasteiger partial charge < -0.3 is 9.80 Å². The summed E-state index contributed by atoms with van der Waals surface area (Å²) in [4.78, 5) is 15.7. The maximum atomic E-state index is 11.6. The summed E-state index contributed by atoms with van der Waals surface area (Å²) in [5.41, 5.74) is 0.0568. The Labute approximate surface area is 73.3 Å². The van der Waals surface area contributed by atoms with Gasteiger partial charge in [0.25, 0.3) is 0 Å². The number of hydrogen-bond donors (Lipinski definition) is 0. The van der Waals surface area contributed by atoms with Crippen molar-refractivity contribution in [2.75, 3.05) is 33.7 Å². The molecule has 0 aromatic rings. The first kappa shape index (κ1) is 8.05. The van der Waals surface area contributed by atoms with Crippen LogP contribution in [-0.2, 0) is 4.79 Å². The quantitative estimate of drug-likeness (QED) is 0.481. The van der Waals surface area contributed by atoms with Gasteiger partial charge in [0, 0.05) is 13.6 Å². The molecule has 2 aliphatic rings. The van der Waals surface area contributed by atoms with Crippen LogP contribution in [0.25, 0.3) is 0 Å². The smallest absolute Gasteiger partial charge is 0.230 e. The van der Waals surface area contributed by atoms with E-state index >= 15 is 0 Å². The Balaban J connectivity index is 2.01. The first-order valence-electron chi connectivity index (χ1n) is 4.58. The summed E-state index contributed by atoms with van der Waals surface area (Å²) in [6, 6.07) is 0. The van der Waals surface area contributed by atoms with Crippen LogP contribution in [0.15, 0.2) is 0 Å². The second-order valence-electron chi connectivity index (χ2n) is 4.24. The van der Waals surface area contributed by atoms with Crippen molar-refractivity contribution in [1.29, 1.82) is 0 Å². The summed E-state index contributed by atoms with van der Waals surface area (Å²) < 4.78 is 0. The van der Waals surface area contributed by atoms with Gasteiger partial charge in [-0.2, -0.15) is 0 Å². The molecular formula is C9H16N2O. The highest BCUT2D eigenvalue weighted by Crippen LogP contribution is 2.40. The second-order valence-corrected chi connectivity index (χ2v) is 4.24. The Kier molecular flexibility index (Phi) is 1.65. The monoisotopic (exact) mass is 168 g/mol. The highest BCUT2D eigenvalue weighted by Gasteiger charge is 2.50. The molecule has 2 saturated heterocycles. The SMILES string of the molecule is CN1CCC2(CC1)CN(C)C2=O. The number of amides is 1. The summed E-state index contributed by atoms with van der Waals surface area (Å²) in [7, 11) is 4.02. The molecule has 1 spiro atoms. The second kappa shape index (κ2) is 2.46. The van der Waals surface area contributed by atoms with Crippen LogP contribution in [0.5, 0.6) is 0 Å². The van der Waals surface area contributed by atoms with Crippen molar-refractivity contribution >= 4 is 5.91 Å². The molecule has 0 aliphatic carbocycles. The minimum atomic E-state index is 0.0568. The van der Waals surface area contributed by atoms with Crippen LogP contribution in [0.2, 0.25) is 0 Å². The van der Waals surface area contributed by atoms with Crippen LogP contribution < -0.4 is 0 Å². The first-order chi connectivity index (χ1) is 5.64. The van der Waals surface area contributed by atoms with Crippen molar-refractivity contribution in [3.63, 3.8) is 0 Å². The number of carbonyl (C=O) groups is 1. The number of carbonyl (C=O) groups excluding carboxylic acids is 1. The van der Waals surface area contributed by atoms with Gasteiger partial charge in [0.2, 0.25) is 5.91 Å². The molecule has 3 nitrogen and oxygen atoms in total. The molecule has 0 unspecified atom stereocenters. The molecule has 0 aromatic heterocycles. The van der Waals surface area contributed by atoms with Crippen molar-refractivity contribution in [2.45, 2.75) is 12.8 Å². The lowest BCUT2D eigenvalue weighted by Crippen LogP contribution is -2.62. The van der Waals surface area contributed by atoms with Crippen LogP contribution in [-0.4, -0.2) is 49.4 Å².